The molecule has 2 aromatic rings. The Bertz CT molecular complexity index is 1250. The number of thioether (sulfide) groups is 2. The first kappa shape index (κ1) is 26.6. The summed E-state index contributed by atoms with van der Waals surface area (Å²) in [5.74, 6) is -2.36. The zero-order chi connectivity index (χ0) is 26.7. The lowest BCUT2D eigenvalue weighted by Crippen LogP contribution is -2.71. The van der Waals surface area contributed by atoms with E-state index in [2.05, 4.69) is 20.8 Å². The summed E-state index contributed by atoms with van der Waals surface area (Å²) in [6.45, 7) is 0.0469. The van der Waals surface area contributed by atoms with E-state index in [0.29, 0.717) is 27.6 Å². The van der Waals surface area contributed by atoms with Crippen LogP contribution in [-0.2, 0) is 32.3 Å². The fourth-order valence-corrected chi connectivity index (χ4v) is 6.22. The first-order chi connectivity index (χ1) is 17.7. The highest BCUT2D eigenvalue weighted by Gasteiger charge is 2.54. The normalized spacial score (nSPS) is 19.7. The monoisotopic (exact) mass is 548 g/mol. The zero-order valence-electron chi connectivity index (χ0n) is 19.3. The highest BCUT2D eigenvalue weighted by atomic mass is 32.2. The van der Waals surface area contributed by atoms with E-state index in [4.69, 9.17) is 16.6 Å². The van der Waals surface area contributed by atoms with Crippen LogP contribution in [0.4, 0.5) is 0 Å². The molecule has 3 atom stereocenters. The number of carboxylic acids is 1. The number of nitrogens with two attached hydrogens (primary N) is 2. The topological polar surface area (TPSA) is 220 Å². The summed E-state index contributed by atoms with van der Waals surface area (Å²) in [5.41, 5.74) is 12.8. The van der Waals surface area contributed by atoms with Crippen molar-refractivity contribution in [2.24, 2.45) is 11.5 Å². The molecule has 1 fully saturated rings. The predicted molar refractivity (Wildman–Crippen MR) is 131 cm³/mol. The molecule has 2 unspecified atom stereocenters. The number of aliphatic hydroxyl groups excluding tert-OH is 1. The highest BCUT2D eigenvalue weighted by Crippen LogP contribution is 2.41. The Morgan fingerprint density at radius 3 is 2.65 bits per heavy atom. The molecule has 0 radical (unpaired) electrons. The van der Waals surface area contributed by atoms with Crippen LogP contribution in [0.25, 0.3) is 0 Å². The number of aryl methyl sites for hydroxylation is 1. The molecule has 1 aromatic heterocycles. The first-order valence-electron chi connectivity index (χ1n) is 11.0. The van der Waals surface area contributed by atoms with Crippen LogP contribution in [-0.4, -0.2) is 81.9 Å². The van der Waals surface area contributed by atoms with Crippen LogP contribution < -0.4 is 16.8 Å². The van der Waals surface area contributed by atoms with Crippen LogP contribution in [0.2, 0.25) is 0 Å². The molecule has 1 saturated heterocycles. The van der Waals surface area contributed by atoms with Gasteiger partial charge in [-0.05, 0) is 27.1 Å². The molecule has 1 aromatic carbocycles. The maximum absolute atomic E-state index is 12.9. The van der Waals surface area contributed by atoms with Gasteiger partial charge in [-0.2, -0.15) is 0 Å². The van der Waals surface area contributed by atoms with Gasteiger partial charge in [-0.1, -0.05) is 36.0 Å². The van der Waals surface area contributed by atoms with Crippen molar-refractivity contribution in [3.63, 3.8) is 0 Å². The zero-order valence-corrected chi connectivity index (χ0v) is 20.9. The largest absolute Gasteiger partial charge is 0.477 e. The van der Waals surface area contributed by atoms with Crippen LogP contribution in [0.5, 0.6) is 0 Å². The number of fused-ring (bicyclic) bond motifs is 1. The number of hydrogen-bond acceptors (Lipinski definition) is 11. The number of primary amides is 1. The summed E-state index contributed by atoms with van der Waals surface area (Å²) in [6.07, 6.45) is 0.0478. The minimum Gasteiger partial charge on any atom is -0.477 e. The third-order valence-corrected chi connectivity index (χ3v) is 8.18. The number of tetrazole rings is 1. The first-order valence-corrected chi connectivity index (χ1v) is 13.1. The Labute approximate surface area is 218 Å². The molecule has 0 saturated carbocycles. The van der Waals surface area contributed by atoms with Gasteiger partial charge in [0.2, 0.25) is 17.0 Å². The molecule has 0 spiro atoms. The molecule has 4 rings (SSSR count). The molecule has 2 aliphatic heterocycles. The van der Waals surface area contributed by atoms with Crippen molar-refractivity contribution in [1.82, 2.24) is 30.4 Å². The number of hydrogen-bond donors (Lipinski definition) is 5. The lowest BCUT2D eigenvalue weighted by molar-refractivity contribution is -0.150. The van der Waals surface area contributed by atoms with Crippen molar-refractivity contribution in [3.05, 3.63) is 46.7 Å². The molecular formula is C21H24N8O6S2. The molecule has 0 aliphatic carbocycles. The number of carbonyl (C=O) groups is 4. The van der Waals surface area contributed by atoms with Crippen molar-refractivity contribution >= 4 is 47.2 Å². The second-order valence-electron chi connectivity index (χ2n) is 8.22. The van der Waals surface area contributed by atoms with Gasteiger partial charge in [-0.3, -0.25) is 19.3 Å². The second-order valence-corrected chi connectivity index (χ2v) is 10.3. The van der Waals surface area contributed by atoms with Crippen LogP contribution in [0.15, 0.2) is 40.7 Å². The fraction of sp³-hybridized carbons (Fsp3) is 0.381. The van der Waals surface area contributed by atoms with Crippen LogP contribution in [0.3, 0.4) is 0 Å². The van der Waals surface area contributed by atoms with Gasteiger partial charge in [0, 0.05) is 17.9 Å². The minimum atomic E-state index is -1.26. The van der Waals surface area contributed by atoms with Gasteiger partial charge in [0.25, 0.3) is 5.91 Å². The summed E-state index contributed by atoms with van der Waals surface area (Å²) in [6, 6.07) is 4.60. The summed E-state index contributed by atoms with van der Waals surface area (Å²) in [4.78, 5) is 49.9. The van der Waals surface area contributed by atoms with Crippen LogP contribution in [0.1, 0.15) is 23.6 Å². The standard InChI is InChI=1S/C21H24N8O6S2/c22-13(31)5-6-28-21(25-26-27-28)37-9-12-8-36-19-15(18(33)29(19)16(12)20(34)35)24-17(32)14(23)11-3-1-10(7-30)2-4-11/h1-4,14-15,19,30H,5-9,23H2,(H2,22,31)(H,24,32)(H,34,35)/t14?,15?,19-/m1/s1. The van der Waals surface area contributed by atoms with Crippen molar-refractivity contribution in [2.75, 3.05) is 11.5 Å². The SMILES string of the molecule is NC(=O)CCn1nnnc1SCC1=C(C(=O)O)N2C(=O)C(NC(=O)C(N)c3ccc(CO)cc3)[C@H]2SC1. The van der Waals surface area contributed by atoms with E-state index < -0.39 is 41.1 Å². The van der Waals surface area contributed by atoms with Gasteiger partial charge in [0.05, 0.1) is 13.2 Å². The average Bonchev–Trinajstić information content (AvgIpc) is 3.35. The number of aliphatic carboxylic acids is 1. The van der Waals surface area contributed by atoms with E-state index in [1.54, 1.807) is 24.3 Å². The summed E-state index contributed by atoms with van der Waals surface area (Å²) in [7, 11) is 0. The molecule has 7 N–H and O–H groups in total. The average molecular weight is 549 g/mol. The van der Waals surface area contributed by atoms with E-state index in [1.807, 2.05) is 0 Å². The van der Waals surface area contributed by atoms with Crippen molar-refractivity contribution < 1.29 is 29.4 Å². The molecular weight excluding hydrogens is 524 g/mol. The maximum atomic E-state index is 12.9. The molecule has 2 aliphatic rings. The lowest BCUT2D eigenvalue weighted by Gasteiger charge is -2.49. The van der Waals surface area contributed by atoms with Gasteiger partial charge in [-0.15, -0.1) is 16.9 Å². The van der Waals surface area contributed by atoms with Crippen molar-refractivity contribution in [3.8, 4) is 0 Å². The Kier molecular flexibility index (Phi) is 8.11. The smallest absolute Gasteiger partial charge is 0.352 e. The van der Waals surface area contributed by atoms with Gasteiger partial charge >= 0.3 is 5.97 Å². The van der Waals surface area contributed by atoms with Gasteiger partial charge in [0.1, 0.15) is 23.2 Å². The number of carboxylic acid groups (broad SMARTS) is 1. The molecule has 3 amide bonds. The molecule has 0 bridgehead atoms. The molecule has 16 heteroatoms. The van der Waals surface area contributed by atoms with Gasteiger partial charge < -0.3 is 27.0 Å². The molecule has 14 nitrogen and oxygen atoms in total. The van der Waals surface area contributed by atoms with E-state index in [9.17, 15) is 24.3 Å². The molecule has 3 heterocycles. The number of benzene rings is 1. The lowest BCUT2D eigenvalue weighted by atomic mass is 10.0. The summed E-state index contributed by atoms with van der Waals surface area (Å²) in [5, 5.41) is 32.7. The highest BCUT2D eigenvalue weighted by molar-refractivity contribution is 8.01. The number of aliphatic hydroxyl groups is 1. The number of nitrogens with zero attached hydrogens (tertiary/aromatic N) is 5. The van der Waals surface area contributed by atoms with Crippen LogP contribution in [0, 0.1) is 0 Å². The number of rotatable bonds is 11. The quantitative estimate of drug-likeness (QED) is 0.161. The number of nitrogens with one attached hydrogen (secondary N) is 1. The minimum absolute atomic E-state index is 0.0478. The Morgan fingerprint density at radius 2 is 2.00 bits per heavy atom. The van der Waals surface area contributed by atoms with Gasteiger partial charge in [0.15, 0.2) is 0 Å². The van der Waals surface area contributed by atoms with E-state index in [1.165, 1.54) is 33.1 Å². The van der Waals surface area contributed by atoms with E-state index in [0.717, 1.165) is 0 Å². The van der Waals surface area contributed by atoms with E-state index >= 15 is 0 Å². The number of aromatic nitrogens is 4. The third-order valence-electron chi connectivity index (χ3n) is 5.80. The number of β-lactam (4-membered cyclic amide) rings is 1. The van der Waals surface area contributed by atoms with E-state index in [-0.39, 0.29) is 31.0 Å². The summed E-state index contributed by atoms with van der Waals surface area (Å²) >= 11 is 2.51. The van der Waals surface area contributed by atoms with Crippen molar-refractivity contribution in [1.29, 1.82) is 0 Å². The number of carbonyl (C=O) groups excluding carboxylic acids is 3. The Balaban J connectivity index is 1.42. The molecule has 37 heavy (non-hydrogen) atoms. The van der Waals surface area contributed by atoms with Crippen molar-refractivity contribution in [2.45, 2.75) is 42.2 Å². The third kappa shape index (κ3) is 5.61. The number of amides is 3. The van der Waals surface area contributed by atoms with Gasteiger partial charge in [-0.25, -0.2) is 9.48 Å². The maximum Gasteiger partial charge on any atom is 0.352 e. The Hall–Kier alpha value is -3.47. The Morgan fingerprint density at radius 1 is 1.27 bits per heavy atom. The fourth-order valence-electron chi connectivity index (χ4n) is 3.83. The summed E-state index contributed by atoms with van der Waals surface area (Å²) < 4.78 is 1.40. The second kappa shape index (κ2) is 11.3. The molecule has 196 valence electrons. The van der Waals surface area contributed by atoms with Crippen LogP contribution >= 0.6 is 23.5 Å². The predicted octanol–water partition coefficient (Wildman–Crippen LogP) is -1.43.